The molecule has 0 saturated carbocycles. The quantitative estimate of drug-likeness (QED) is 0.802. The molecule has 3 fully saturated rings. The van der Waals surface area contributed by atoms with Gasteiger partial charge >= 0.3 is 0 Å². The number of hydrogen-bond donors (Lipinski definition) is 0. The molecule has 4 aliphatic heterocycles. The lowest BCUT2D eigenvalue weighted by Gasteiger charge is -2.49. The van der Waals surface area contributed by atoms with Crippen LogP contribution in [-0.2, 0) is 0 Å². The minimum Gasteiger partial charge on any atom is -0.497 e. The van der Waals surface area contributed by atoms with Crippen LogP contribution in [0.3, 0.4) is 0 Å². The van der Waals surface area contributed by atoms with Crippen molar-refractivity contribution in [1.82, 2.24) is 4.90 Å². The molecular weight excluding hydrogens is 348 g/mol. The number of nitrogens with zero attached hydrogens (tertiary/aromatic N) is 2. The van der Waals surface area contributed by atoms with Gasteiger partial charge < -0.3 is 19.3 Å². The Bertz CT molecular complexity index is 802. The van der Waals surface area contributed by atoms with Gasteiger partial charge in [0.15, 0.2) is 6.23 Å². The van der Waals surface area contributed by atoms with Crippen molar-refractivity contribution in [3.8, 4) is 11.5 Å². The largest absolute Gasteiger partial charge is 0.497 e. The fourth-order valence-corrected chi connectivity index (χ4v) is 4.86. The summed E-state index contributed by atoms with van der Waals surface area (Å²) < 4.78 is 11.7. The standard InChI is InChI=1S/C21H23ClN2O2/c1-25-17-5-2-15(3-6-17)21-24(18-7-4-16(22)12-20(18)26-21)19-13-23-10-8-14(19)9-11-23/h2-7,12,14,19,21H,8-11,13H2,1H3. The second-order valence-electron chi connectivity index (χ2n) is 7.47. The zero-order valence-corrected chi connectivity index (χ0v) is 15.7. The zero-order valence-electron chi connectivity index (χ0n) is 14.9. The molecule has 5 heteroatoms. The molecule has 4 nitrogen and oxygen atoms in total. The summed E-state index contributed by atoms with van der Waals surface area (Å²) in [7, 11) is 1.69. The zero-order chi connectivity index (χ0) is 17.7. The van der Waals surface area contributed by atoms with Crippen LogP contribution in [-0.4, -0.2) is 37.7 Å². The van der Waals surface area contributed by atoms with Gasteiger partial charge in [-0.2, -0.15) is 0 Å². The summed E-state index contributed by atoms with van der Waals surface area (Å²) in [6.07, 6.45) is 2.44. The minimum atomic E-state index is -0.111. The molecule has 0 N–H and O–H groups in total. The molecule has 0 spiro atoms. The van der Waals surface area contributed by atoms with Gasteiger partial charge in [-0.15, -0.1) is 0 Å². The summed E-state index contributed by atoms with van der Waals surface area (Å²) in [6, 6.07) is 14.7. The predicted molar refractivity (Wildman–Crippen MR) is 103 cm³/mol. The number of hydrogen-bond acceptors (Lipinski definition) is 4. The molecule has 4 heterocycles. The Labute approximate surface area is 159 Å². The first-order chi connectivity index (χ1) is 12.7. The Hall–Kier alpha value is -1.91. The highest BCUT2D eigenvalue weighted by Gasteiger charge is 2.44. The Morgan fingerprint density at radius 1 is 1.08 bits per heavy atom. The van der Waals surface area contributed by atoms with E-state index in [2.05, 4.69) is 28.0 Å². The number of fused-ring (bicyclic) bond motifs is 4. The van der Waals surface area contributed by atoms with E-state index < -0.39 is 0 Å². The third-order valence-corrected chi connectivity index (χ3v) is 6.31. The van der Waals surface area contributed by atoms with Crippen LogP contribution in [0.2, 0.25) is 5.02 Å². The summed E-state index contributed by atoms with van der Waals surface area (Å²) in [4.78, 5) is 5.08. The number of ether oxygens (including phenoxy) is 2. The lowest BCUT2D eigenvalue weighted by Crippen LogP contribution is -2.57. The SMILES string of the molecule is COc1ccc(C2Oc3cc(Cl)ccc3N2C2CN3CCC2CC3)cc1. The summed E-state index contributed by atoms with van der Waals surface area (Å²) in [6.45, 7) is 3.58. The molecule has 2 unspecified atom stereocenters. The molecule has 2 atom stereocenters. The van der Waals surface area contributed by atoms with Crippen LogP contribution in [0.1, 0.15) is 24.6 Å². The van der Waals surface area contributed by atoms with E-state index >= 15 is 0 Å². The summed E-state index contributed by atoms with van der Waals surface area (Å²) >= 11 is 6.23. The van der Waals surface area contributed by atoms with E-state index in [-0.39, 0.29) is 6.23 Å². The second-order valence-corrected chi connectivity index (χ2v) is 7.90. The summed E-state index contributed by atoms with van der Waals surface area (Å²) in [5.41, 5.74) is 2.31. The number of rotatable bonds is 3. The average Bonchev–Trinajstić information content (AvgIpc) is 3.07. The van der Waals surface area contributed by atoms with E-state index in [1.165, 1.54) is 25.9 Å². The third kappa shape index (κ3) is 2.63. The maximum atomic E-state index is 6.40. The Balaban J connectivity index is 1.54. The lowest BCUT2D eigenvalue weighted by molar-refractivity contribution is 0.0699. The highest BCUT2D eigenvalue weighted by molar-refractivity contribution is 6.30. The van der Waals surface area contributed by atoms with Gasteiger partial charge in [-0.3, -0.25) is 0 Å². The first-order valence-electron chi connectivity index (χ1n) is 9.34. The van der Waals surface area contributed by atoms with Crippen LogP contribution in [0, 0.1) is 5.92 Å². The smallest absolute Gasteiger partial charge is 0.199 e. The molecule has 2 aromatic rings. The fourth-order valence-electron chi connectivity index (χ4n) is 4.70. The molecule has 0 aliphatic carbocycles. The van der Waals surface area contributed by atoms with Crippen LogP contribution >= 0.6 is 11.6 Å². The van der Waals surface area contributed by atoms with Crippen molar-refractivity contribution >= 4 is 17.3 Å². The maximum absolute atomic E-state index is 6.40. The lowest BCUT2D eigenvalue weighted by atomic mass is 9.82. The predicted octanol–water partition coefficient (Wildman–Crippen LogP) is 4.34. The van der Waals surface area contributed by atoms with Gasteiger partial charge in [0.05, 0.1) is 12.8 Å². The van der Waals surface area contributed by atoms with E-state index in [4.69, 9.17) is 21.1 Å². The molecule has 0 amide bonds. The van der Waals surface area contributed by atoms with E-state index in [1.54, 1.807) is 7.11 Å². The highest BCUT2D eigenvalue weighted by atomic mass is 35.5. The van der Waals surface area contributed by atoms with E-state index in [9.17, 15) is 0 Å². The Morgan fingerprint density at radius 3 is 2.50 bits per heavy atom. The summed E-state index contributed by atoms with van der Waals surface area (Å²) in [5.74, 6) is 2.47. The first-order valence-corrected chi connectivity index (χ1v) is 9.71. The fraction of sp³-hybridized carbons (Fsp3) is 0.429. The molecule has 0 radical (unpaired) electrons. The molecule has 26 heavy (non-hydrogen) atoms. The monoisotopic (exact) mass is 370 g/mol. The molecule has 2 bridgehead atoms. The van der Waals surface area contributed by atoms with Gasteiger partial charge in [0.1, 0.15) is 11.5 Å². The van der Waals surface area contributed by atoms with Gasteiger partial charge in [-0.05, 0) is 68.2 Å². The van der Waals surface area contributed by atoms with Crippen LogP contribution in [0.15, 0.2) is 42.5 Å². The number of halogens is 1. The number of benzene rings is 2. The van der Waals surface area contributed by atoms with Crippen LogP contribution in [0.25, 0.3) is 0 Å². The normalized spacial score (nSPS) is 29.4. The molecule has 3 saturated heterocycles. The highest BCUT2D eigenvalue weighted by Crippen LogP contribution is 2.48. The maximum Gasteiger partial charge on any atom is 0.199 e. The molecule has 4 aliphatic rings. The number of methoxy groups -OCH3 is 1. The van der Waals surface area contributed by atoms with Gasteiger partial charge in [-0.25, -0.2) is 0 Å². The second kappa shape index (κ2) is 6.36. The third-order valence-electron chi connectivity index (χ3n) is 6.07. The van der Waals surface area contributed by atoms with Gasteiger partial charge in [0.25, 0.3) is 0 Å². The van der Waals surface area contributed by atoms with E-state index in [0.29, 0.717) is 11.1 Å². The topological polar surface area (TPSA) is 24.9 Å². The van der Waals surface area contributed by atoms with E-state index in [1.807, 2.05) is 24.3 Å². The number of anilines is 1. The van der Waals surface area contributed by atoms with Crippen LogP contribution in [0.4, 0.5) is 5.69 Å². The van der Waals surface area contributed by atoms with Crippen molar-refractivity contribution in [2.75, 3.05) is 31.6 Å². The van der Waals surface area contributed by atoms with Gasteiger partial charge in [-0.1, -0.05) is 11.6 Å². The first kappa shape index (κ1) is 16.3. The van der Waals surface area contributed by atoms with Crippen molar-refractivity contribution in [1.29, 1.82) is 0 Å². The van der Waals surface area contributed by atoms with Crippen molar-refractivity contribution in [2.24, 2.45) is 5.92 Å². The molecule has 6 rings (SSSR count). The summed E-state index contributed by atoms with van der Waals surface area (Å²) in [5, 5.41) is 0.716. The molecule has 136 valence electrons. The molecular formula is C21H23ClN2O2. The van der Waals surface area contributed by atoms with Crippen molar-refractivity contribution < 1.29 is 9.47 Å². The van der Waals surface area contributed by atoms with E-state index in [0.717, 1.165) is 35.2 Å². The van der Waals surface area contributed by atoms with Crippen molar-refractivity contribution in [3.05, 3.63) is 53.1 Å². The average molecular weight is 371 g/mol. The van der Waals surface area contributed by atoms with Crippen LogP contribution < -0.4 is 14.4 Å². The van der Waals surface area contributed by atoms with Crippen LogP contribution in [0.5, 0.6) is 11.5 Å². The number of piperidine rings is 3. The Kier molecular flexibility index (Phi) is 3.98. The molecule has 0 aromatic heterocycles. The van der Waals surface area contributed by atoms with Gasteiger partial charge in [0, 0.05) is 29.2 Å². The van der Waals surface area contributed by atoms with Crippen molar-refractivity contribution in [2.45, 2.75) is 25.1 Å². The van der Waals surface area contributed by atoms with Gasteiger partial charge in [0.2, 0.25) is 0 Å². The van der Waals surface area contributed by atoms with Crippen molar-refractivity contribution in [3.63, 3.8) is 0 Å². The minimum absolute atomic E-state index is 0.111. The Morgan fingerprint density at radius 2 is 1.85 bits per heavy atom. The molecule has 2 aromatic carbocycles.